The van der Waals surface area contributed by atoms with Gasteiger partial charge in [-0.15, -0.1) is 11.3 Å². The molecule has 1 saturated heterocycles. The van der Waals surface area contributed by atoms with Gasteiger partial charge in [0.2, 0.25) is 5.95 Å². The third kappa shape index (κ3) is 6.13. The van der Waals surface area contributed by atoms with E-state index >= 15 is 0 Å². The summed E-state index contributed by atoms with van der Waals surface area (Å²) in [6.07, 6.45) is 4.21. The molecule has 1 fully saturated rings. The van der Waals surface area contributed by atoms with Crippen LogP contribution in [0, 0.1) is 11.6 Å². The molecule has 41 heavy (non-hydrogen) atoms. The number of benzene rings is 3. The van der Waals surface area contributed by atoms with Crippen LogP contribution >= 0.6 is 11.3 Å². The van der Waals surface area contributed by atoms with Crippen LogP contribution in [0.5, 0.6) is 0 Å². The van der Waals surface area contributed by atoms with Crippen LogP contribution in [0.25, 0.3) is 21.8 Å². The molecule has 0 radical (unpaired) electrons. The molecule has 2 N–H and O–H groups in total. The fraction of sp³-hybridized carbons (Fsp3) is 0.161. The maximum atomic E-state index is 14.1. The highest BCUT2D eigenvalue weighted by Gasteiger charge is 2.19. The van der Waals surface area contributed by atoms with Crippen molar-refractivity contribution in [3.05, 3.63) is 107 Å². The van der Waals surface area contributed by atoms with Crippen molar-refractivity contribution in [2.24, 2.45) is 0 Å². The minimum absolute atomic E-state index is 0.382. The Morgan fingerprint density at radius 2 is 1.66 bits per heavy atom. The first-order chi connectivity index (χ1) is 20.0. The molecule has 0 saturated carbocycles. The van der Waals surface area contributed by atoms with Gasteiger partial charge in [0.05, 0.1) is 21.8 Å². The minimum Gasteiger partial charge on any atom is -0.324 e. The molecule has 5 aromatic rings. The Morgan fingerprint density at radius 3 is 2.49 bits per heavy atom. The fourth-order valence-corrected chi connectivity index (χ4v) is 5.69. The lowest BCUT2D eigenvalue weighted by atomic mass is 10.1. The van der Waals surface area contributed by atoms with E-state index in [4.69, 9.17) is 4.98 Å². The van der Waals surface area contributed by atoms with Crippen molar-refractivity contribution in [2.75, 3.05) is 23.7 Å². The predicted molar refractivity (Wildman–Crippen MR) is 157 cm³/mol. The lowest BCUT2D eigenvalue weighted by Gasteiger charge is -2.15. The highest BCUT2D eigenvalue weighted by atomic mass is 32.1. The van der Waals surface area contributed by atoms with Gasteiger partial charge in [0, 0.05) is 29.7 Å². The monoisotopic (exact) mass is 568 g/mol. The van der Waals surface area contributed by atoms with Crippen LogP contribution in [-0.4, -0.2) is 38.8 Å². The van der Waals surface area contributed by atoms with E-state index in [1.165, 1.54) is 35.8 Å². The molecule has 0 unspecified atom stereocenters. The third-order valence-corrected chi connectivity index (χ3v) is 7.68. The molecule has 1 aliphatic rings. The highest BCUT2D eigenvalue weighted by molar-refractivity contribution is 7.13. The first kappa shape index (κ1) is 26.7. The van der Waals surface area contributed by atoms with Gasteiger partial charge in [-0.25, -0.2) is 23.7 Å². The SMILES string of the molecule is O=C(Nc1cccc(-c2ncsc2-c2ccnc(Nc3cccc(CN4CCCC4)c3)n2)c1)c1c(F)cccc1F. The van der Waals surface area contributed by atoms with Crippen molar-refractivity contribution >= 4 is 34.6 Å². The average Bonchev–Trinajstić information content (AvgIpc) is 3.66. The molecule has 0 bridgehead atoms. The first-order valence-electron chi connectivity index (χ1n) is 13.2. The third-order valence-electron chi connectivity index (χ3n) is 6.83. The molecular formula is C31H26F2N6OS. The van der Waals surface area contributed by atoms with Crippen molar-refractivity contribution in [3.8, 4) is 21.8 Å². The van der Waals surface area contributed by atoms with Crippen LogP contribution in [0.3, 0.4) is 0 Å². The second-order valence-electron chi connectivity index (χ2n) is 9.74. The van der Waals surface area contributed by atoms with Crippen LogP contribution in [0.1, 0.15) is 28.8 Å². The quantitative estimate of drug-likeness (QED) is 0.207. The van der Waals surface area contributed by atoms with Gasteiger partial charge < -0.3 is 10.6 Å². The molecule has 3 aromatic carbocycles. The Kier molecular flexibility index (Phi) is 7.75. The molecule has 0 atom stereocenters. The van der Waals surface area contributed by atoms with Gasteiger partial charge in [0.15, 0.2) is 0 Å². The normalized spacial score (nSPS) is 13.3. The fourth-order valence-electron chi connectivity index (χ4n) is 4.91. The average molecular weight is 569 g/mol. The summed E-state index contributed by atoms with van der Waals surface area (Å²) in [5.41, 5.74) is 5.71. The van der Waals surface area contributed by atoms with Crippen LogP contribution in [0.4, 0.5) is 26.1 Å². The number of hydrogen-bond acceptors (Lipinski definition) is 7. The summed E-state index contributed by atoms with van der Waals surface area (Å²) < 4.78 is 28.2. The number of carbonyl (C=O) groups is 1. The maximum absolute atomic E-state index is 14.1. The smallest absolute Gasteiger partial charge is 0.261 e. The van der Waals surface area contributed by atoms with Crippen LogP contribution in [0.15, 0.2) is 84.5 Å². The van der Waals surface area contributed by atoms with Crippen molar-refractivity contribution < 1.29 is 13.6 Å². The Bertz CT molecular complexity index is 1680. The molecule has 3 heterocycles. The number of anilines is 3. The zero-order chi connectivity index (χ0) is 28.2. The van der Waals surface area contributed by atoms with Crippen molar-refractivity contribution in [2.45, 2.75) is 19.4 Å². The summed E-state index contributed by atoms with van der Waals surface area (Å²) in [4.78, 5) is 29.6. The van der Waals surface area contributed by atoms with E-state index in [9.17, 15) is 13.6 Å². The Balaban J connectivity index is 1.21. The summed E-state index contributed by atoms with van der Waals surface area (Å²) in [6.45, 7) is 3.20. The minimum atomic E-state index is -0.924. The zero-order valence-electron chi connectivity index (χ0n) is 22.0. The summed E-state index contributed by atoms with van der Waals surface area (Å²) in [7, 11) is 0. The molecule has 7 nitrogen and oxygen atoms in total. The van der Waals surface area contributed by atoms with E-state index in [-0.39, 0.29) is 0 Å². The van der Waals surface area contributed by atoms with Gasteiger partial charge in [-0.1, -0.05) is 30.3 Å². The Labute approximate surface area is 239 Å². The first-order valence-corrected chi connectivity index (χ1v) is 14.1. The van der Waals surface area contributed by atoms with Crippen molar-refractivity contribution in [3.63, 3.8) is 0 Å². The zero-order valence-corrected chi connectivity index (χ0v) is 22.8. The maximum Gasteiger partial charge on any atom is 0.261 e. The van der Waals surface area contributed by atoms with Crippen LogP contribution < -0.4 is 10.6 Å². The molecule has 1 aliphatic heterocycles. The molecule has 0 aliphatic carbocycles. The number of rotatable bonds is 8. The Morgan fingerprint density at radius 1 is 0.902 bits per heavy atom. The molecule has 0 spiro atoms. The lowest BCUT2D eigenvalue weighted by Crippen LogP contribution is -2.18. The standard InChI is InChI=1S/C31H26F2N6OS/c32-24-10-5-11-25(33)27(24)30(40)36-23-9-4-7-21(17-23)28-29(41-19-35-28)26-12-13-34-31(38-26)37-22-8-3-6-20(16-22)18-39-14-1-2-15-39/h3-13,16-17,19H,1-2,14-15,18H2,(H,36,40)(H,34,37,38). The molecule has 206 valence electrons. The molecular weight excluding hydrogens is 542 g/mol. The number of nitrogens with zero attached hydrogens (tertiary/aromatic N) is 4. The van der Waals surface area contributed by atoms with Gasteiger partial charge in [-0.3, -0.25) is 9.69 Å². The predicted octanol–water partition coefficient (Wildman–Crippen LogP) is 7.14. The number of carbonyl (C=O) groups excluding carboxylic acids is 1. The number of amides is 1. The van der Waals surface area contributed by atoms with E-state index in [0.29, 0.717) is 23.0 Å². The largest absolute Gasteiger partial charge is 0.324 e. The van der Waals surface area contributed by atoms with E-state index in [1.54, 1.807) is 29.9 Å². The molecule has 10 heteroatoms. The van der Waals surface area contributed by atoms with E-state index in [1.807, 2.05) is 24.3 Å². The number of nitrogens with one attached hydrogen (secondary N) is 2. The van der Waals surface area contributed by atoms with Gasteiger partial charge >= 0.3 is 0 Å². The highest BCUT2D eigenvalue weighted by Crippen LogP contribution is 2.35. The van der Waals surface area contributed by atoms with Crippen molar-refractivity contribution in [1.29, 1.82) is 0 Å². The summed E-state index contributed by atoms with van der Waals surface area (Å²) in [5.74, 6) is -2.25. The lowest BCUT2D eigenvalue weighted by molar-refractivity contribution is 0.101. The molecule has 2 aromatic heterocycles. The second kappa shape index (κ2) is 11.9. The van der Waals surface area contributed by atoms with Gasteiger partial charge in [-0.05, 0) is 74.0 Å². The van der Waals surface area contributed by atoms with Gasteiger partial charge in [0.25, 0.3) is 5.91 Å². The number of hydrogen-bond donors (Lipinski definition) is 2. The van der Waals surface area contributed by atoms with Crippen LogP contribution in [-0.2, 0) is 6.54 Å². The summed E-state index contributed by atoms with van der Waals surface area (Å²) in [5, 5.41) is 5.90. The van der Waals surface area contributed by atoms with E-state index in [0.717, 1.165) is 47.9 Å². The summed E-state index contributed by atoms with van der Waals surface area (Å²) >= 11 is 1.43. The number of likely N-dealkylation sites (tertiary alicyclic amines) is 1. The van der Waals surface area contributed by atoms with Crippen molar-refractivity contribution in [1.82, 2.24) is 19.9 Å². The Hall–Kier alpha value is -4.54. The number of thiazole rings is 1. The van der Waals surface area contributed by atoms with E-state index in [2.05, 4.69) is 37.6 Å². The van der Waals surface area contributed by atoms with Crippen LogP contribution in [0.2, 0.25) is 0 Å². The summed E-state index contributed by atoms with van der Waals surface area (Å²) in [6, 6.07) is 20.4. The molecule has 1 amide bonds. The topological polar surface area (TPSA) is 83.0 Å². The number of aromatic nitrogens is 3. The van der Waals surface area contributed by atoms with Gasteiger partial charge in [0.1, 0.15) is 17.2 Å². The second-order valence-corrected chi connectivity index (χ2v) is 10.6. The number of halogens is 2. The molecule has 6 rings (SSSR count). The van der Waals surface area contributed by atoms with E-state index < -0.39 is 23.1 Å². The van der Waals surface area contributed by atoms with Gasteiger partial charge in [-0.2, -0.15) is 0 Å².